The van der Waals surface area contributed by atoms with Crippen molar-refractivity contribution in [2.24, 2.45) is 5.10 Å². The van der Waals surface area contributed by atoms with Gasteiger partial charge in [0, 0.05) is 12.6 Å². The smallest absolute Gasteiger partial charge is 0.257 e. The average molecular weight is 363 g/mol. The van der Waals surface area contributed by atoms with E-state index in [2.05, 4.69) is 15.8 Å². The molecule has 0 saturated carbocycles. The van der Waals surface area contributed by atoms with Gasteiger partial charge in [-0.1, -0.05) is 0 Å². The van der Waals surface area contributed by atoms with E-state index in [0.717, 1.165) is 12.1 Å². The lowest BCUT2D eigenvalue weighted by Crippen LogP contribution is -2.28. The van der Waals surface area contributed by atoms with Crippen LogP contribution in [0.5, 0.6) is 11.5 Å². The third-order valence-corrected chi connectivity index (χ3v) is 3.25. The van der Waals surface area contributed by atoms with Crippen molar-refractivity contribution in [3.8, 4) is 11.5 Å². The zero-order valence-corrected chi connectivity index (χ0v) is 14.4. The number of amides is 1. The summed E-state index contributed by atoms with van der Waals surface area (Å²) >= 11 is 0. The lowest BCUT2D eigenvalue weighted by atomic mass is 10.2. The zero-order valence-electron chi connectivity index (χ0n) is 14.4. The van der Waals surface area contributed by atoms with Crippen LogP contribution in [0.4, 0.5) is 14.5 Å². The van der Waals surface area contributed by atoms with Gasteiger partial charge in [-0.25, -0.2) is 8.78 Å². The first-order valence-corrected chi connectivity index (χ1v) is 7.85. The maximum Gasteiger partial charge on any atom is 0.257 e. The number of hydrogen-bond acceptors (Lipinski definition) is 5. The summed E-state index contributed by atoms with van der Waals surface area (Å²) in [5.74, 6) is -0.802. The molecule has 1 amide bonds. The number of ether oxygens (including phenoxy) is 2. The Hall–Kier alpha value is -3.16. The third kappa shape index (κ3) is 5.44. The number of carbonyl (C=O) groups is 1. The molecule has 2 aromatic carbocycles. The second-order valence-electron chi connectivity index (χ2n) is 5.15. The summed E-state index contributed by atoms with van der Waals surface area (Å²) in [4.78, 5) is 11.4. The number of hydrazone groups is 1. The molecule has 0 atom stereocenters. The summed E-state index contributed by atoms with van der Waals surface area (Å²) in [7, 11) is 1.47. The second kappa shape index (κ2) is 9.36. The fraction of sp³-hybridized carbons (Fsp3) is 0.222. The van der Waals surface area contributed by atoms with Gasteiger partial charge in [0.25, 0.3) is 5.91 Å². The SMILES string of the molecule is CCNC(=O)COc1ccc(/C=N/Nc2ccc(F)cc2F)cc1OC. The summed E-state index contributed by atoms with van der Waals surface area (Å²) in [5, 5.41) is 6.54. The predicted molar refractivity (Wildman–Crippen MR) is 94.7 cm³/mol. The number of benzene rings is 2. The molecule has 0 aliphatic carbocycles. The predicted octanol–water partition coefficient (Wildman–Crippen LogP) is 2.93. The molecule has 0 fully saturated rings. The summed E-state index contributed by atoms with van der Waals surface area (Å²) < 4.78 is 37.0. The van der Waals surface area contributed by atoms with Crippen LogP contribution in [0.25, 0.3) is 0 Å². The van der Waals surface area contributed by atoms with Crippen molar-refractivity contribution in [3.63, 3.8) is 0 Å². The third-order valence-electron chi connectivity index (χ3n) is 3.25. The van der Waals surface area contributed by atoms with E-state index in [-0.39, 0.29) is 18.2 Å². The minimum absolute atomic E-state index is 0.0523. The molecule has 6 nitrogen and oxygen atoms in total. The van der Waals surface area contributed by atoms with E-state index in [0.29, 0.717) is 23.6 Å². The lowest BCUT2D eigenvalue weighted by Gasteiger charge is -2.11. The van der Waals surface area contributed by atoms with Gasteiger partial charge in [0.05, 0.1) is 19.0 Å². The van der Waals surface area contributed by atoms with E-state index in [1.54, 1.807) is 18.2 Å². The molecule has 0 bridgehead atoms. The summed E-state index contributed by atoms with van der Waals surface area (Å²) in [6.45, 7) is 2.22. The molecule has 26 heavy (non-hydrogen) atoms. The molecule has 0 heterocycles. The molecular weight excluding hydrogens is 344 g/mol. The van der Waals surface area contributed by atoms with Crippen molar-refractivity contribution in [2.45, 2.75) is 6.92 Å². The van der Waals surface area contributed by atoms with Crippen LogP contribution in [0.15, 0.2) is 41.5 Å². The summed E-state index contributed by atoms with van der Waals surface area (Å²) in [6, 6.07) is 8.13. The van der Waals surface area contributed by atoms with E-state index < -0.39 is 11.6 Å². The Balaban J connectivity index is 2.02. The molecule has 138 valence electrons. The summed E-state index contributed by atoms with van der Waals surface area (Å²) in [6.07, 6.45) is 1.44. The Labute approximate surface area is 149 Å². The van der Waals surface area contributed by atoms with Crippen molar-refractivity contribution in [2.75, 3.05) is 25.7 Å². The molecule has 0 spiro atoms. The van der Waals surface area contributed by atoms with Crippen LogP contribution >= 0.6 is 0 Å². The molecule has 0 unspecified atom stereocenters. The van der Waals surface area contributed by atoms with E-state index in [9.17, 15) is 13.6 Å². The van der Waals surface area contributed by atoms with Crippen LogP contribution in [0, 0.1) is 11.6 Å². The van der Waals surface area contributed by atoms with Gasteiger partial charge < -0.3 is 14.8 Å². The molecule has 2 N–H and O–H groups in total. The van der Waals surface area contributed by atoms with E-state index >= 15 is 0 Å². The maximum atomic E-state index is 13.5. The van der Waals surface area contributed by atoms with E-state index in [4.69, 9.17) is 9.47 Å². The highest BCUT2D eigenvalue weighted by Crippen LogP contribution is 2.27. The molecule has 0 aliphatic rings. The van der Waals surface area contributed by atoms with Crippen molar-refractivity contribution >= 4 is 17.8 Å². The van der Waals surface area contributed by atoms with Crippen LogP contribution in [-0.2, 0) is 4.79 Å². The monoisotopic (exact) mass is 363 g/mol. The maximum absolute atomic E-state index is 13.5. The fourth-order valence-electron chi connectivity index (χ4n) is 2.03. The number of nitrogens with one attached hydrogen (secondary N) is 2. The molecule has 0 aromatic heterocycles. The number of anilines is 1. The Morgan fingerprint density at radius 2 is 2.00 bits per heavy atom. The van der Waals surface area contributed by atoms with Gasteiger partial charge in [-0.2, -0.15) is 5.10 Å². The van der Waals surface area contributed by atoms with E-state index in [1.165, 1.54) is 19.4 Å². The van der Waals surface area contributed by atoms with Crippen LogP contribution in [0.3, 0.4) is 0 Å². The van der Waals surface area contributed by atoms with Gasteiger partial charge >= 0.3 is 0 Å². The van der Waals surface area contributed by atoms with Crippen molar-refractivity contribution < 1.29 is 23.0 Å². The second-order valence-corrected chi connectivity index (χ2v) is 5.15. The molecule has 0 saturated heterocycles. The Kier molecular flexibility index (Phi) is 6.90. The van der Waals surface area contributed by atoms with Gasteiger partial charge in [-0.15, -0.1) is 0 Å². The molecular formula is C18H19F2N3O3. The van der Waals surface area contributed by atoms with Gasteiger partial charge in [0.1, 0.15) is 5.82 Å². The number of carbonyl (C=O) groups excluding carboxylic acids is 1. The van der Waals surface area contributed by atoms with Gasteiger partial charge in [-0.05, 0) is 42.8 Å². The Bertz CT molecular complexity index is 797. The largest absolute Gasteiger partial charge is 0.493 e. The van der Waals surface area contributed by atoms with E-state index in [1.807, 2.05) is 6.92 Å². The highest BCUT2D eigenvalue weighted by Gasteiger charge is 2.08. The quantitative estimate of drug-likeness (QED) is 0.559. The van der Waals surface area contributed by atoms with Crippen LogP contribution < -0.4 is 20.2 Å². The van der Waals surface area contributed by atoms with Crippen LogP contribution in [-0.4, -0.2) is 32.4 Å². The van der Waals surface area contributed by atoms with Crippen molar-refractivity contribution in [1.29, 1.82) is 0 Å². The number of nitrogens with zero attached hydrogens (tertiary/aromatic N) is 1. The molecule has 8 heteroatoms. The van der Waals surface area contributed by atoms with Gasteiger partial charge in [-0.3, -0.25) is 10.2 Å². The summed E-state index contributed by atoms with van der Waals surface area (Å²) in [5.41, 5.74) is 3.20. The molecule has 2 rings (SSSR count). The normalized spacial score (nSPS) is 10.6. The van der Waals surface area contributed by atoms with Gasteiger partial charge in [0.2, 0.25) is 0 Å². The highest BCUT2D eigenvalue weighted by atomic mass is 19.1. The average Bonchev–Trinajstić information content (AvgIpc) is 2.62. The minimum Gasteiger partial charge on any atom is -0.493 e. The Morgan fingerprint density at radius 3 is 2.69 bits per heavy atom. The molecule has 0 aliphatic heterocycles. The van der Waals surface area contributed by atoms with Crippen molar-refractivity contribution in [1.82, 2.24) is 5.32 Å². The Morgan fingerprint density at radius 1 is 1.19 bits per heavy atom. The van der Waals surface area contributed by atoms with Crippen LogP contribution in [0.2, 0.25) is 0 Å². The van der Waals surface area contributed by atoms with Crippen LogP contribution in [0.1, 0.15) is 12.5 Å². The fourth-order valence-corrected chi connectivity index (χ4v) is 2.03. The minimum atomic E-state index is -0.742. The first-order valence-electron chi connectivity index (χ1n) is 7.85. The van der Waals surface area contributed by atoms with Crippen molar-refractivity contribution in [3.05, 3.63) is 53.6 Å². The van der Waals surface area contributed by atoms with Gasteiger partial charge in [0.15, 0.2) is 23.9 Å². The topological polar surface area (TPSA) is 72.0 Å². The molecule has 0 radical (unpaired) electrons. The number of rotatable bonds is 8. The zero-order chi connectivity index (χ0) is 18.9. The number of hydrogen-bond donors (Lipinski definition) is 2. The number of likely N-dealkylation sites (N-methyl/N-ethyl adjacent to an activating group) is 1. The first-order chi connectivity index (χ1) is 12.5. The first kappa shape index (κ1) is 19.2. The number of methoxy groups -OCH3 is 1. The highest BCUT2D eigenvalue weighted by molar-refractivity contribution is 5.81. The standard InChI is InChI=1S/C18H19F2N3O3/c1-3-21-18(24)11-26-16-7-4-12(8-17(16)25-2)10-22-23-15-6-5-13(19)9-14(15)20/h4-10,23H,3,11H2,1-2H3,(H,21,24)/b22-10+. The lowest BCUT2D eigenvalue weighted by molar-refractivity contribution is -0.123. The number of halogens is 2. The molecule has 2 aromatic rings.